The number of aryl methyl sites for hydroxylation is 1. The van der Waals surface area contributed by atoms with Crippen molar-refractivity contribution in [2.45, 2.75) is 20.0 Å². The number of aliphatic imine (C=N–C) groups is 1. The van der Waals surface area contributed by atoms with Crippen LogP contribution in [0.5, 0.6) is 0 Å². The molecule has 0 atom stereocenters. The van der Waals surface area contributed by atoms with Crippen LogP contribution in [-0.2, 0) is 13.1 Å². The van der Waals surface area contributed by atoms with Crippen molar-refractivity contribution in [3.05, 3.63) is 40.4 Å². The van der Waals surface area contributed by atoms with Crippen LogP contribution in [-0.4, -0.2) is 46.2 Å². The number of hydrogen-bond acceptors (Lipinski definition) is 5. The van der Waals surface area contributed by atoms with E-state index < -0.39 is 0 Å². The number of hydrogen-bond donors (Lipinski definition) is 2. The standard InChI is InChI=1S/C18H28N6S/c1-13-9-16(23(3)4)8-7-14(13)10-20-17(19-2)21-11-15-12-25-18(22-15)24(5)6/h7-9,12H,10-11H2,1-6H3,(H2,19,20,21). The number of nitrogens with one attached hydrogen (secondary N) is 2. The van der Waals surface area contributed by atoms with Gasteiger partial charge in [-0.15, -0.1) is 11.3 Å². The van der Waals surface area contributed by atoms with Gasteiger partial charge in [-0.25, -0.2) is 4.98 Å². The van der Waals surface area contributed by atoms with Crippen molar-refractivity contribution < 1.29 is 0 Å². The maximum atomic E-state index is 4.57. The molecule has 0 fully saturated rings. The first-order valence-electron chi connectivity index (χ1n) is 8.23. The molecule has 2 aromatic rings. The molecule has 0 aliphatic carbocycles. The lowest BCUT2D eigenvalue weighted by molar-refractivity contribution is 0.795. The van der Waals surface area contributed by atoms with Crippen LogP contribution in [0.3, 0.4) is 0 Å². The summed E-state index contributed by atoms with van der Waals surface area (Å²) in [6.45, 7) is 3.53. The van der Waals surface area contributed by atoms with Gasteiger partial charge in [-0.05, 0) is 30.2 Å². The first kappa shape index (κ1) is 19.1. The van der Waals surface area contributed by atoms with Crippen LogP contribution in [0.15, 0.2) is 28.6 Å². The highest BCUT2D eigenvalue weighted by Crippen LogP contribution is 2.18. The van der Waals surface area contributed by atoms with Gasteiger partial charge in [0.25, 0.3) is 0 Å². The van der Waals surface area contributed by atoms with Gasteiger partial charge in [0.1, 0.15) is 0 Å². The van der Waals surface area contributed by atoms with Crippen molar-refractivity contribution in [3.63, 3.8) is 0 Å². The van der Waals surface area contributed by atoms with Crippen LogP contribution in [0.2, 0.25) is 0 Å². The molecule has 1 aromatic heterocycles. The number of guanidine groups is 1. The quantitative estimate of drug-likeness (QED) is 0.612. The third-order valence-electron chi connectivity index (χ3n) is 3.87. The summed E-state index contributed by atoms with van der Waals surface area (Å²) >= 11 is 1.64. The number of benzene rings is 1. The summed E-state index contributed by atoms with van der Waals surface area (Å²) in [5.41, 5.74) is 4.76. The molecular weight excluding hydrogens is 332 g/mol. The highest BCUT2D eigenvalue weighted by molar-refractivity contribution is 7.13. The molecule has 0 bridgehead atoms. The molecular formula is C18H28N6S. The van der Waals surface area contributed by atoms with Gasteiger partial charge in [0.15, 0.2) is 11.1 Å². The van der Waals surface area contributed by atoms with E-state index in [1.807, 2.05) is 19.0 Å². The van der Waals surface area contributed by atoms with Crippen molar-refractivity contribution in [2.24, 2.45) is 4.99 Å². The molecule has 0 saturated heterocycles. The summed E-state index contributed by atoms with van der Waals surface area (Å²) in [7, 11) is 9.89. The number of aromatic nitrogens is 1. The number of anilines is 2. The number of nitrogens with zero attached hydrogens (tertiary/aromatic N) is 4. The molecule has 6 nitrogen and oxygen atoms in total. The van der Waals surface area contributed by atoms with Gasteiger partial charge in [0.2, 0.25) is 0 Å². The summed E-state index contributed by atoms with van der Waals surface area (Å²) in [5, 5.41) is 9.76. The third kappa shape index (κ3) is 5.35. The van der Waals surface area contributed by atoms with Gasteiger partial charge in [0.05, 0.1) is 12.2 Å². The van der Waals surface area contributed by atoms with E-state index in [2.05, 4.69) is 70.1 Å². The maximum absolute atomic E-state index is 4.57. The van der Waals surface area contributed by atoms with E-state index in [-0.39, 0.29) is 0 Å². The molecule has 2 rings (SSSR count). The summed E-state index contributed by atoms with van der Waals surface area (Å²) in [4.78, 5) is 13.0. The van der Waals surface area contributed by atoms with E-state index in [4.69, 9.17) is 0 Å². The lowest BCUT2D eigenvalue weighted by atomic mass is 10.1. The Kier molecular flexibility index (Phi) is 6.64. The van der Waals surface area contributed by atoms with Gasteiger partial charge in [-0.2, -0.15) is 0 Å². The first-order chi connectivity index (χ1) is 11.9. The summed E-state index contributed by atoms with van der Waals surface area (Å²) in [5.74, 6) is 0.774. The largest absolute Gasteiger partial charge is 0.378 e. The molecule has 2 N–H and O–H groups in total. The predicted octanol–water partition coefficient (Wildman–Crippen LogP) is 2.45. The Morgan fingerprint density at radius 2 is 1.84 bits per heavy atom. The Labute approximate surface area is 154 Å². The molecule has 0 saturated carbocycles. The molecule has 7 heteroatoms. The molecule has 0 amide bonds. The van der Waals surface area contributed by atoms with Crippen molar-refractivity contribution in [1.82, 2.24) is 15.6 Å². The summed E-state index contributed by atoms with van der Waals surface area (Å²) < 4.78 is 0. The molecule has 136 valence electrons. The van der Waals surface area contributed by atoms with Gasteiger partial charge < -0.3 is 20.4 Å². The fraction of sp³-hybridized carbons (Fsp3) is 0.444. The first-order valence-corrected chi connectivity index (χ1v) is 9.11. The van der Waals surface area contributed by atoms with Crippen molar-refractivity contribution in [2.75, 3.05) is 45.0 Å². The second-order valence-corrected chi connectivity index (χ2v) is 7.14. The number of rotatable bonds is 6. The monoisotopic (exact) mass is 360 g/mol. The minimum Gasteiger partial charge on any atom is -0.378 e. The summed E-state index contributed by atoms with van der Waals surface area (Å²) in [6, 6.07) is 6.50. The molecule has 0 unspecified atom stereocenters. The molecule has 0 spiro atoms. The lowest BCUT2D eigenvalue weighted by Crippen LogP contribution is -2.36. The number of thiazole rings is 1. The topological polar surface area (TPSA) is 55.8 Å². The van der Waals surface area contributed by atoms with Gasteiger partial charge in [0, 0.05) is 52.9 Å². The van der Waals surface area contributed by atoms with E-state index in [1.54, 1.807) is 18.4 Å². The molecule has 0 aliphatic rings. The van der Waals surface area contributed by atoms with Crippen LogP contribution in [0.4, 0.5) is 10.8 Å². The average Bonchev–Trinajstić information content (AvgIpc) is 3.05. The second kappa shape index (κ2) is 8.71. The maximum Gasteiger partial charge on any atom is 0.191 e. The minimum atomic E-state index is 0.655. The van der Waals surface area contributed by atoms with Crippen LogP contribution >= 0.6 is 11.3 Å². The Bertz CT molecular complexity index is 720. The second-order valence-electron chi connectivity index (χ2n) is 6.30. The van der Waals surface area contributed by atoms with Crippen LogP contribution in [0, 0.1) is 6.92 Å². The highest BCUT2D eigenvalue weighted by atomic mass is 32.1. The normalized spacial score (nSPS) is 11.4. The minimum absolute atomic E-state index is 0.655. The predicted molar refractivity (Wildman–Crippen MR) is 109 cm³/mol. The van der Waals surface area contributed by atoms with Crippen LogP contribution in [0.1, 0.15) is 16.8 Å². The molecule has 0 aliphatic heterocycles. The Balaban J connectivity index is 1.89. The van der Waals surface area contributed by atoms with E-state index in [9.17, 15) is 0 Å². The smallest absolute Gasteiger partial charge is 0.191 e. The lowest BCUT2D eigenvalue weighted by Gasteiger charge is -2.16. The third-order valence-corrected chi connectivity index (χ3v) is 4.93. The zero-order valence-corrected chi connectivity index (χ0v) is 16.7. The van der Waals surface area contributed by atoms with Crippen molar-refractivity contribution in [1.29, 1.82) is 0 Å². The van der Waals surface area contributed by atoms with Crippen LogP contribution in [0.25, 0.3) is 0 Å². The fourth-order valence-corrected chi connectivity index (χ4v) is 3.07. The van der Waals surface area contributed by atoms with Gasteiger partial charge in [-0.3, -0.25) is 4.99 Å². The van der Waals surface area contributed by atoms with Crippen molar-refractivity contribution >= 4 is 28.1 Å². The van der Waals surface area contributed by atoms with E-state index in [0.717, 1.165) is 23.3 Å². The molecule has 1 heterocycles. The Hall–Kier alpha value is -2.28. The van der Waals surface area contributed by atoms with E-state index in [1.165, 1.54) is 16.8 Å². The zero-order valence-electron chi connectivity index (χ0n) is 15.9. The van der Waals surface area contributed by atoms with E-state index in [0.29, 0.717) is 6.54 Å². The Morgan fingerprint density at radius 3 is 2.40 bits per heavy atom. The average molecular weight is 361 g/mol. The molecule has 0 radical (unpaired) electrons. The summed E-state index contributed by atoms with van der Waals surface area (Å²) in [6.07, 6.45) is 0. The molecule has 25 heavy (non-hydrogen) atoms. The van der Waals surface area contributed by atoms with Crippen LogP contribution < -0.4 is 20.4 Å². The molecule has 1 aromatic carbocycles. The Morgan fingerprint density at radius 1 is 1.12 bits per heavy atom. The SMILES string of the molecule is CN=C(NCc1csc(N(C)C)n1)NCc1ccc(N(C)C)cc1C. The zero-order chi connectivity index (χ0) is 18.4. The highest BCUT2D eigenvalue weighted by Gasteiger charge is 2.06. The van der Waals surface area contributed by atoms with Crippen molar-refractivity contribution in [3.8, 4) is 0 Å². The van der Waals surface area contributed by atoms with Gasteiger partial charge in [-0.1, -0.05) is 6.07 Å². The van der Waals surface area contributed by atoms with Gasteiger partial charge >= 0.3 is 0 Å². The fourth-order valence-electron chi connectivity index (χ4n) is 2.31. The van der Waals surface area contributed by atoms with E-state index >= 15 is 0 Å².